The van der Waals surface area contributed by atoms with Crippen LogP contribution in [-0.4, -0.2) is 45.5 Å². The predicted octanol–water partition coefficient (Wildman–Crippen LogP) is 3.22. The van der Waals surface area contributed by atoms with E-state index in [1.165, 1.54) is 0 Å². The molecule has 1 aliphatic rings. The number of aromatic nitrogens is 1. The highest BCUT2D eigenvalue weighted by Gasteiger charge is 2.22. The minimum Gasteiger partial charge on any atom is -0.473 e. The van der Waals surface area contributed by atoms with Gasteiger partial charge in [0.1, 0.15) is 6.10 Å². The van der Waals surface area contributed by atoms with Crippen LogP contribution < -0.4 is 4.74 Å². The summed E-state index contributed by atoms with van der Waals surface area (Å²) in [5.41, 5.74) is 0.616. The summed E-state index contributed by atoms with van der Waals surface area (Å²) in [7, 11) is 0. The summed E-state index contributed by atoms with van der Waals surface area (Å²) in [4.78, 5) is 18.7. The number of rotatable bonds is 5. The van der Waals surface area contributed by atoms with Crippen LogP contribution in [0.4, 0.5) is 0 Å². The van der Waals surface area contributed by atoms with E-state index in [2.05, 4.69) is 4.98 Å². The molecule has 2 rings (SSSR count). The first-order valence-corrected chi connectivity index (χ1v) is 8.67. The molecule has 1 unspecified atom stereocenters. The van der Waals surface area contributed by atoms with E-state index in [-0.39, 0.29) is 24.1 Å². The fourth-order valence-electron chi connectivity index (χ4n) is 2.57. The van der Waals surface area contributed by atoms with Crippen LogP contribution in [0.3, 0.4) is 0 Å². The standard InChI is InChI=1S/C16H24N2O2S/c1-11(2)18(12(3)4)16(19)13-5-6-15(17-9-13)20-14-7-8-21-10-14/h5-6,9,11-12,14H,7-8,10H2,1-4H3. The molecule has 1 atom stereocenters. The van der Waals surface area contributed by atoms with Crippen LogP contribution in [0.5, 0.6) is 5.88 Å². The molecule has 4 nitrogen and oxygen atoms in total. The fourth-order valence-corrected chi connectivity index (χ4v) is 3.66. The van der Waals surface area contributed by atoms with Crippen LogP contribution in [-0.2, 0) is 0 Å². The Hall–Kier alpha value is -1.23. The lowest BCUT2D eigenvalue weighted by Gasteiger charge is -2.30. The van der Waals surface area contributed by atoms with Crippen molar-refractivity contribution in [3.63, 3.8) is 0 Å². The van der Waals surface area contributed by atoms with E-state index in [1.807, 2.05) is 50.4 Å². The summed E-state index contributed by atoms with van der Waals surface area (Å²) in [5.74, 6) is 2.81. The van der Waals surface area contributed by atoms with E-state index in [4.69, 9.17) is 4.74 Å². The number of pyridine rings is 1. The summed E-state index contributed by atoms with van der Waals surface area (Å²) < 4.78 is 5.81. The molecule has 0 aromatic carbocycles. The van der Waals surface area contributed by atoms with Crippen molar-refractivity contribution in [2.24, 2.45) is 0 Å². The van der Waals surface area contributed by atoms with Gasteiger partial charge in [-0.25, -0.2) is 4.98 Å². The van der Waals surface area contributed by atoms with E-state index in [9.17, 15) is 4.79 Å². The third-order valence-electron chi connectivity index (χ3n) is 3.51. The van der Waals surface area contributed by atoms with E-state index in [0.717, 1.165) is 17.9 Å². The zero-order valence-electron chi connectivity index (χ0n) is 13.2. The largest absolute Gasteiger partial charge is 0.473 e. The minimum absolute atomic E-state index is 0.0236. The third kappa shape index (κ3) is 4.13. The molecule has 1 aliphatic heterocycles. The molecule has 0 spiro atoms. The van der Waals surface area contributed by atoms with Crippen molar-refractivity contribution in [2.75, 3.05) is 11.5 Å². The van der Waals surface area contributed by atoms with Gasteiger partial charge in [0.2, 0.25) is 5.88 Å². The van der Waals surface area contributed by atoms with Gasteiger partial charge < -0.3 is 9.64 Å². The number of hydrogen-bond donors (Lipinski definition) is 0. The van der Waals surface area contributed by atoms with Crippen molar-refractivity contribution < 1.29 is 9.53 Å². The topological polar surface area (TPSA) is 42.4 Å². The summed E-state index contributed by atoms with van der Waals surface area (Å²) >= 11 is 1.91. The lowest BCUT2D eigenvalue weighted by Crippen LogP contribution is -2.42. The first-order valence-electron chi connectivity index (χ1n) is 7.52. The Morgan fingerprint density at radius 3 is 2.52 bits per heavy atom. The van der Waals surface area contributed by atoms with Crippen molar-refractivity contribution in [3.8, 4) is 5.88 Å². The van der Waals surface area contributed by atoms with Gasteiger partial charge in [0.15, 0.2) is 0 Å². The molecule has 5 heteroatoms. The molecule has 1 fully saturated rings. The van der Waals surface area contributed by atoms with Crippen LogP contribution in [0.2, 0.25) is 0 Å². The molecule has 116 valence electrons. The van der Waals surface area contributed by atoms with Crippen LogP contribution in [0.1, 0.15) is 44.5 Å². The molecule has 1 amide bonds. The predicted molar refractivity (Wildman–Crippen MR) is 87.0 cm³/mol. The third-order valence-corrected chi connectivity index (χ3v) is 4.64. The number of ether oxygens (including phenoxy) is 1. The van der Waals surface area contributed by atoms with Crippen molar-refractivity contribution in [1.29, 1.82) is 0 Å². The highest BCUT2D eigenvalue weighted by molar-refractivity contribution is 7.99. The van der Waals surface area contributed by atoms with E-state index in [1.54, 1.807) is 12.3 Å². The van der Waals surface area contributed by atoms with Crippen molar-refractivity contribution in [2.45, 2.75) is 52.3 Å². The van der Waals surface area contributed by atoms with Crippen LogP contribution in [0, 0.1) is 0 Å². The van der Waals surface area contributed by atoms with Crippen LogP contribution in [0.25, 0.3) is 0 Å². The van der Waals surface area contributed by atoms with Gasteiger partial charge in [0, 0.05) is 30.1 Å². The molecule has 1 aromatic heterocycles. The molecule has 0 N–H and O–H groups in total. The smallest absolute Gasteiger partial charge is 0.255 e. The highest BCUT2D eigenvalue weighted by Crippen LogP contribution is 2.22. The first kappa shape index (κ1) is 16.1. The van der Waals surface area contributed by atoms with Gasteiger partial charge in [-0.3, -0.25) is 4.79 Å². The van der Waals surface area contributed by atoms with Crippen molar-refractivity contribution >= 4 is 17.7 Å². The monoisotopic (exact) mass is 308 g/mol. The maximum absolute atomic E-state index is 12.5. The summed E-state index contributed by atoms with van der Waals surface area (Å²) in [6.07, 6.45) is 2.95. The average molecular weight is 308 g/mol. The summed E-state index contributed by atoms with van der Waals surface area (Å²) in [5, 5.41) is 0. The molecule has 2 heterocycles. The van der Waals surface area contributed by atoms with Gasteiger partial charge >= 0.3 is 0 Å². The second kappa shape index (κ2) is 7.16. The van der Waals surface area contributed by atoms with Crippen LogP contribution >= 0.6 is 11.8 Å². The highest BCUT2D eigenvalue weighted by atomic mass is 32.2. The van der Waals surface area contributed by atoms with Gasteiger partial charge in [-0.1, -0.05) is 0 Å². The fraction of sp³-hybridized carbons (Fsp3) is 0.625. The number of carbonyl (C=O) groups is 1. The number of thioether (sulfide) groups is 1. The molecule has 0 saturated carbocycles. The van der Waals surface area contributed by atoms with Gasteiger partial charge in [-0.05, 0) is 45.9 Å². The number of amides is 1. The second-order valence-corrected chi connectivity index (χ2v) is 7.04. The molecule has 1 saturated heterocycles. The maximum Gasteiger partial charge on any atom is 0.255 e. The van der Waals surface area contributed by atoms with Gasteiger partial charge in [-0.2, -0.15) is 11.8 Å². The van der Waals surface area contributed by atoms with Gasteiger partial charge in [-0.15, -0.1) is 0 Å². The van der Waals surface area contributed by atoms with E-state index < -0.39 is 0 Å². The zero-order valence-corrected chi connectivity index (χ0v) is 14.0. The number of carbonyl (C=O) groups excluding carboxylic acids is 1. The Kier molecular flexibility index (Phi) is 5.51. The van der Waals surface area contributed by atoms with Crippen molar-refractivity contribution in [1.82, 2.24) is 9.88 Å². The molecule has 0 aliphatic carbocycles. The van der Waals surface area contributed by atoms with Crippen molar-refractivity contribution in [3.05, 3.63) is 23.9 Å². The normalized spacial score (nSPS) is 18.3. The zero-order chi connectivity index (χ0) is 15.4. The summed E-state index contributed by atoms with van der Waals surface area (Å²) in [6, 6.07) is 3.95. The van der Waals surface area contributed by atoms with Crippen LogP contribution in [0.15, 0.2) is 18.3 Å². The van der Waals surface area contributed by atoms with E-state index >= 15 is 0 Å². The van der Waals surface area contributed by atoms with Gasteiger partial charge in [0.05, 0.1) is 5.56 Å². The Morgan fingerprint density at radius 2 is 2.05 bits per heavy atom. The lowest BCUT2D eigenvalue weighted by atomic mass is 10.1. The molecule has 0 radical (unpaired) electrons. The quantitative estimate of drug-likeness (QED) is 0.837. The Bertz CT molecular complexity index is 460. The maximum atomic E-state index is 12.5. The molecular formula is C16H24N2O2S. The molecule has 1 aromatic rings. The molecular weight excluding hydrogens is 284 g/mol. The molecule has 0 bridgehead atoms. The summed E-state index contributed by atoms with van der Waals surface area (Å²) in [6.45, 7) is 8.11. The Balaban J connectivity index is 2.05. The Labute approximate surface area is 131 Å². The molecule has 21 heavy (non-hydrogen) atoms. The Morgan fingerprint density at radius 1 is 1.33 bits per heavy atom. The minimum atomic E-state index is 0.0236. The first-order chi connectivity index (χ1) is 9.99. The average Bonchev–Trinajstić information content (AvgIpc) is 2.91. The second-order valence-electron chi connectivity index (χ2n) is 5.89. The SMILES string of the molecule is CC(C)N(C(=O)c1ccc(OC2CCSC2)nc1)C(C)C. The number of nitrogens with zero attached hydrogens (tertiary/aromatic N) is 2. The number of hydrogen-bond acceptors (Lipinski definition) is 4. The van der Waals surface area contributed by atoms with E-state index in [0.29, 0.717) is 11.4 Å². The van der Waals surface area contributed by atoms with Gasteiger partial charge in [0.25, 0.3) is 5.91 Å². The lowest BCUT2D eigenvalue weighted by molar-refractivity contribution is 0.0643.